The summed E-state index contributed by atoms with van der Waals surface area (Å²) in [7, 11) is 0. The van der Waals surface area contributed by atoms with Gasteiger partial charge in [-0.15, -0.1) is 0 Å². The van der Waals surface area contributed by atoms with Gasteiger partial charge >= 0.3 is 0 Å². The fourth-order valence-electron chi connectivity index (χ4n) is 6.99. The predicted octanol–water partition coefficient (Wildman–Crippen LogP) is 4.84. The summed E-state index contributed by atoms with van der Waals surface area (Å²) >= 11 is 6.12. The van der Waals surface area contributed by atoms with Crippen molar-refractivity contribution in [1.29, 1.82) is 0 Å². The summed E-state index contributed by atoms with van der Waals surface area (Å²) in [5.41, 5.74) is 8.97. The smallest absolute Gasteiger partial charge is 0.245 e. The van der Waals surface area contributed by atoms with Gasteiger partial charge in [0.2, 0.25) is 17.7 Å². The number of amides is 3. The standard InChI is InChI=1S/C37H46ClN5O3/c1-28(44)43(32-13-7-3-8-14-32)27-37(19-9-4-10-20-37)42-23-21-41(22-24-42)36(46)34(26-30-15-17-31(38)18-16-30)40-35(45)33(39)25-29-11-5-2-6-12-29/h2-3,5-8,11-18,33-34H,4,9-10,19-27,39H2,1H3,(H,40,45). The number of carbonyl (C=O) groups is 3. The lowest BCUT2D eigenvalue weighted by atomic mass is 9.79. The minimum Gasteiger partial charge on any atom is -0.343 e. The minimum atomic E-state index is -0.778. The Morgan fingerprint density at radius 2 is 1.41 bits per heavy atom. The van der Waals surface area contributed by atoms with E-state index in [0.717, 1.165) is 42.5 Å². The fraction of sp³-hybridized carbons (Fsp3) is 0.432. The summed E-state index contributed by atoms with van der Waals surface area (Å²) in [6, 6.07) is 25.4. The van der Waals surface area contributed by atoms with Crippen LogP contribution in [0.3, 0.4) is 0 Å². The Balaban J connectivity index is 1.28. The second kappa shape index (κ2) is 15.7. The lowest BCUT2D eigenvalue weighted by Crippen LogP contribution is -2.64. The predicted molar refractivity (Wildman–Crippen MR) is 184 cm³/mol. The third-order valence-electron chi connectivity index (χ3n) is 9.55. The number of nitrogens with two attached hydrogens (primary N) is 1. The molecule has 2 fully saturated rings. The van der Waals surface area contributed by atoms with Gasteiger partial charge < -0.3 is 20.9 Å². The lowest BCUT2D eigenvalue weighted by Gasteiger charge is -2.51. The van der Waals surface area contributed by atoms with Crippen LogP contribution < -0.4 is 16.0 Å². The third kappa shape index (κ3) is 8.55. The van der Waals surface area contributed by atoms with Crippen LogP contribution in [-0.4, -0.2) is 77.9 Å². The van der Waals surface area contributed by atoms with Crippen LogP contribution in [0.2, 0.25) is 5.02 Å². The Labute approximate surface area is 277 Å². The number of rotatable bonds is 11. The lowest BCUT2D eigenvalue weighted by molar-refractivity contribution is -0.139. The molecule has 5 rings (SSSR count). The van der Waals surface area contributed by atoms with Gasteiger partial charge in [-0.05, 0) is 54.7 Å². The normalized spacial score (nSPS) is 17.9. The number of benzene rings is 3. The molecule has 3 N–H and O–H groups in total. The second-order valence-electron chi connectivity index (χ2n) is 12.7. The first-order chi connectivity index (χ1) is 22.2. The van der Waals surface area contributed by atoms with Gasteiger partial charge in [0.15, 0.2) is 0 Å². The van der Waals surface area contributed by atoms with Crippen molar-refractivity contribution < 1.29 is 14.4 Å². The fourth-order valence-corrected chi connectivity index (χ4v) is 7.11. The average Bonchev–Trinajstić information content (AvgIpc) is 3.08. The van der Waals surface area contributed by atoms with E-state index in [1.54, 1.807) is 19.1 Å². The molecule has 1 heterocycles. The highest BCUT2D eigenvalue weighted by Gasteiger charge is 2.42. The van der Waals surface area contributed by atoms with Crippen molar-refractivity contribution in [2.45, 2.75) is 69.5 Å². The highest BCUT2D eigenvalue weighted by molar-refractivity contribution is 6.30. The molecule has 1 aliphatic carbocycles. The molecule has 1 saturated carbocycles. The zero-order chi connectivity index (χ0) is 32.5. The van der Waals surface area contributed by atoms with E-state index in [2.05, 4.69) is 10.2 Å². The Kier molecular flexibility index (Phi) is 11.5. The van der Waals surface area contributed by atoms with Gasteiger partial charge in [0.25, 0.3) is 0 Å². The molecule has 1 aliphatic heterocycles. The molecule has 46 heavy (non-hydrogen) atoms. The third-order valence-corrected chi connectivity index (χ3v) is 9.80. The zero-order valence-corrected chi connectivity index (χ0v) is 27.5. The van der Waals surface area contributed by atoms with E-state index in [0.29, 0.717) is 50.6 Å². The maximum absolute atomic E-state index is 14.1. The zero-order valence-electron chi connectivity index (χ0n) is 26.7. The molecule has 3 aromatic rings. The number of para-hydroxylation sites is 1. The first-order valence-corrected chi connectivity index (χ1v) is 16.8. The maximum atomic E-state index is 14.1. The van der Waals surface area contributed by atoms with E-state index in [9.17, 15) is 14.4 Å². The van der Waals surface area contributed by atoms with Gasteiger partial charge in [-0.25, -0.2) is 0 Å². The van der Waals surface area contributed by atoms with Gasteiger partial charge in [-0.1, -0.05) is 91.5 Å². The number of anilines is 1. The molecule has 8 nitrogen and oxygen atoms in total. The summed E-state index contributed by atoms with van der Waals surface area (Å²) < 4.78 is 0. The summed E-state index contributed by atoms with van der Waals surface area (Å²) in [4.78, 5) is 46.5. The topological polar surface area (TPSA) is 99.0 Å². The number of halogens is 1. The molecule has 2 unspecified atom stereocenters. The van der Waals surface area contributed by atoms with Gasteiger partial charge in [0.1, 0.15) is 6.04 Å². The molecular weight excluding hydrogens is 598 g/mol. The van der Waals surface area contributed by atoms with Crippen LogP contribution in [0, 0.1) is 0 Å². The van der Waals surface area contributed by atoms with Crippen molar-refractivity contribution in [3.8, 4) is 0 Å². The molecule has 2 atom stereocenters. The van der Waals surface area contributed by atoms with Crippen molar-refractivity contribution in [3.63, 3.8) is 0 Å². The van der Waals surface area contributed by atoms with Crippen molar-refractivity contribution >= 4 is 35.0 Å². The Morgan fingerprint density at radius 1 is 0.826 bits per heavy atom. The van der Waals surface area contributed by atoms with Crippen LogP contribution in [0.15, 0.2) is 84.9 Å². The minimum absolute atomic E-state index is 0.0382. The molecule has 244 valence electrons. The van der Waals surface area contributed by atoms with Crippen molar-refractivity contribution in [2.75, 3.05) is 37.6 Å². The monoisotopic (exact) mass is 643 g/mol. The summed E-state index contributed by atoms with van der Waals surface area (Å²) in [5.74, 6) is -0.417. The molecule has 0 aromatic heterocycles. The molecule has 0 bridgehead atoms. The Hall–Kier alpha value is -3.72. The van der Waals surface area contributed by atoms with Crippen molar-refractivity contribution in [2.24, 2.45) is 5.73 Å². The number of nitrogens with one attached hydrogen (secondary N) is 1. The molecule has 2 aliphatic rings. The number of carbonyl (C=O) groups excluding carboxylic acids is 3. The number of hydrogen-bond acceptors (Lipinski definition) is 5. The maximum Gasteiger partial charge on any atom is 0.245 e. The summed E-state index contributed by atoms with van der Waals surface area (Å²) in [5, 5.41) is 3.60. The van der Waals surface area contributed by atoms with E-state index < -0.39 is 12.1 Å². The number of piperazine rings is 1. The Bertz CT molecular complexity index is 1440. The van der Waals surface area contributed by atoms with Gasteiger partial charge in [-0.2, -0.15) is 0 Å². The quantitative estimate of drug-likeness (QED) is 0.312. The summed E-state index contributed by atoms with van der Waals surface area (Å²) in [6.45, 7) is 4.79. The van der Waals surface area contributed by atoms with E-state index in [1.165, 1.54) is 6.42 Å². The van der Waals surface area contributed by atoms with Crippen LogP contribution in [-0.2, 0) is 27.2 Å². The van der Waals surface area contributed by atoms with Crippen molar-refractivity contribution in [1.82, 2.24) is 15.1 Å². The second-order valence-corrected chi connectivity index (χ2v) is 13.2. The average molecular weight is 644 g/mol. The highest BCUT2D eigenvalue weighted by Crippen LogP contribution is 2.36. The van der Waals surface area contributed by atoms with Gasteiger partial charge in [0.05, 0.1) is 6.04 Å². The molecule has 0 spiro atoms. The molecular formula is C37H46ClN5O3. The van der Waals surface area contributed by atoms with Gasteiger partial charge in [-0.3, -0.25) is 19.3 Å². The van der Waals surface area contributed by atoms with E-state index in [1.807, 2.05) is 82.6 Å². The number of hydrogen-bond donors (Lipinski definition) is 2. The molecule has 3 aromatic carbocycles. The van der Waals surface area contributed by atoms with Crippen LogP contribution in [0.25, 0.3) is 0 Å². The first kappa shape index (κ1) is 33.6. The molecule has 3 amide bonds. The van der Waals surface area contributed by atoms with Crippen molar-refractivity contribution in [3.05, 3.63) is 101 Å². The van der Waals surface area contributed by atoms with Gasteiger partial charge in [0, 0.05) is 62.3 Å². The van der Waals surface area contributed by atoms with E-state index in [4.69, 9.17) is 17.3 Å². The van der Waals surface area contributed by atoms with Crippen LogP contribution in [0.4, 0.5) is 5.69 Å². The first-order valence-electron chi connectivity index (χ1n) is 16.5. The SMILES string of the molecule is CC(=O)N(CC1(N2CCN(C(=O)C(Cc3ccc(Cl)cc3)NC(=O)C(N)Cc3ccccc3)CC2)CCCCC1)c1ccccc1. The van der Waals surface area contributed by atoms with E-state index in [-0.39, 0.29) is 23.3 Å². The van der Waals surface area contributed by atoms with Crippen LogP contribution >= 0.6 is 11.6 Å². The number of nitrogens with zero attached hydrogens (tertiary/aromatic N) is 3. The van der Waals surface area contributed by atoms with Crippen LogP contribution in [0.5, 0.6) is 0 Å². The summed E-state index contributed by atoms with van der Waals surface area (Å²) in [6.07, 6.45) is 6.21. The largest absolute Gasteiger partial charge is 0.343 e. The highest BCUT2D eigenvalue weighted by atomic mass is 35.5. The van der Waals surface area contributed by atoms with Crippen LogP contribution in [0.1, 0.15) is 50.2 Å². The molecule has 1 saturated heterocycles. The molecule has 9 heteroatoms. The molecule has 0 radical (unpaired) electrons. The Morgan fingerprint density at radius 3 is 2.02 bits per heavy atom. The van der Waals surface area contributed by atoms with E-state index >= 15 is 0 Å².